The van der Waals surface area contributed by atoms with E-state index in [1.807, 2.05) is 30.7 Å². The number of rotatable bonds is 3. The lowest BCUT2D eigenvalue weighted by molar-refractivity contribution is 0.787. The number of para-hydroxylation sites is 1. The van der Waals surface area contributed by atoms with Gasteiger partial charge in [-0.25, -0.2) is 4.98 Å². The molecule has 0 radical (unpaired) electrons. The Morgan fingerprint density at radius 1 is 1.40 bits per heavy atom. The highest BCUT2D eigenvalue weighted by Crippen LogP contribution is 2.19. The zero-order valence-corrected chi connectivity index (χ0v) is 11.9. The van der Waals surface area contributed by atoms with Crippen LogP contribution < -0.4 is 5.56 Å². The third-order valence-corrected chi connectivity index (χ3v) is 4.04. The molecule has 0 unspecified atom stereocenters. The summed E-state index contributed by atoms with van der Waals surface area (Å²) in [5, 5.41) is 9.22. The number of hydrogen-bond acceptors (Lipinski definition) is 5. The van der Waals surface area contributed by atoms with Crippen LogP contribution in [0.15, 0.2) is 34.5 Å². The van der Waals surface area contributed by atoms with Crippen molar-refractivity contribution in [3.05, 3.63) is 46.3 Å². The number of hydrogen-bond donors (Lipinski definition) is 1. The number of fused-ring (bicyclic) bond motifs is 1. The van der Waals surface area contributed by atoms with Crippen molar-refractivity contribution >= 4 is 22.7 Å². The molecule has 20 heavy (non-hydrogen) atoms. The fourth-order valence-corrected chi connectivity index (χ4v) is 2.71. The number of thioether (sulfide) groups is 1. The number of aromatic amines is 1. The first-order chi connectivity index (χ1) is 9.65. The SMILES string of the molecule is Cc1cccc2c(=O)[nH]c(CSc3nncn3C)nc12. The molecule has 0 atom stereocenters. The topological polar surface area (TPSA) is 76.5 Å². The predicted octanol–water partition coefficient (Wildman–Crippen LogP) is 1.65. The van der Waals surface area contributed by atoms with E-state index in [0.29, 0.717) is 17.0 Å². The zero-order chi connectivity index (χ0) is 14.1. The van der Waals surface area contributed by atoms with E-state index in [1.54, 1.807) is 12.4 Å². The zero-order valence-electron chi connectivity index (χ0n) is 11.1. The Hall–Kier alpha value is -2.15. The van der Waals surface area contributed by atoms with Crippen LogP contribution in [-0.4, -0.2) is 24.7 Å². The predicted molar refractivity (Wildman–Crippen MR) is 77.7 cm³/mol. The third kappa shape index (κ3) is 2.32. The van der Waals surface area contributed by atoms with Gasteiger partial charge in [0, 0.05) is 7.05 Å². The van der Waals surface area contributed by atoms with Crippen LogP contribution in [0.2, 0.25) is 0 Å². The van der Waals surface area contributed by atoms with Crippen LogP contribution in [0.1, 0.15) is 11.4 Å². The second kappa shape index (κ2) is 5.09. The van der Waals surface area contributed by atoms with Crippen molar-refractivity contribution in [3.8, 4) is 0 Å². The van der Waals surface area contributed by atoms with Crippen molar-refractivity contribution in [3.63, 3.8) is 0 Å². The number of aromatic nitrogens is 5. The van der Waals surface area contributed by atoms with E-state index < -0.39 is 0 Å². The van der Waals surface area contributed by atoms with E-state index in [2.05, 4.69) is 20.2 Å². The molecule has 6 nitrogen and oxygen atoms in total. The van der Waals surface area contributed by atoms with Crippen LogP contribution in [0.4, 0.5) is 0 Å². The maximum atomic E-state index is 12.0. The number of nitrogens with zero attached hydrogens (tertiary/aromatic N) is 4. The van der Waals surface area contributed by atoms with E-state index in [-0.39, 0.29) is 5.56 Å². The summed E-state index contributed by atoms with van der Waals surface area (Å²) < 4.78 is 1.83. The van der Waals surface area contributed by atoms with Gasteiger partial charge in [0.15, 0.2) is 5.16 Å². The van der Waals surface area contributed by atoms with Gasteiger partial charge in [-0.3, -0.25) is 4.79 Å². The van der Waals surface area contributed by atoms with Gasteiger partial charge in [-0.2, -0.15) is 0 Å². The largest absolute Gasteiger partial charge is 0.312 e. The quantitative estimate of drug-likeness (QED) is 0.741. The molecule has 1 N–H and O–H groups in total. The van der Waals surface area contributed by atoms with Gasteiger partial charge < -0.3 is 9.55 Å². The molecule has 1 aromatic carbocycles. The highest BCUT2D eigenvalue weighted by molar-refractivity contribution is 7.98. The molecule has 0 fully saturated rings. The molecule has 0 spiro atoms. The summed E-state index contributed by atoms with van der Waals surface area (Å²) in [6.07, 6.45) is 1.64. The smallest absolute Gasteiger partial charge is 0.258 e. The molecule has 7 heteroatoms. The van der Waals surface area contributed by atoms with Crippen molar-refractivity contribution in [1.82, 2.24) is 24.7 Å². The molecule has 0 bridgehead atoms. The van der Waals surface area contributed by atoms with E-state index in [4.69, 9.17) is 0 Å². The molecule has 0 amide bonds. The number of nitrogens with one attached hydrogen (secondary N) is 1. The number of benzene rings is 1. The molecule has 2 aromatic heterocycles. The highest BCUT2D eigenvalue weighted by Gasteiger charge is 2.08. The van der Waals surface area contributed by atoms with Gasteiger partial charge >= 0.3 is 0 Å². The molecule has 3 aromatic rings. The average Bonchev–Trinajstić information content (AvgIpc) is 2.83. The monoisotopic (exact) mass is 287 g/mol. The minimum absolute atomic E-state index is 0.104. The Morgan fingerprint density at radius 2 is 2.25 bits per heavy atom. The molecular weight excluding hydrogens is 274 g/mol. The van der Waals surface area contributed by atoms with Crippen LogP contribution in [0.5, 0.6) is 0 Å². The molecule has 0 saturated heterocycles. The van der Waals surface area contributed by atoms with E-state index >= 15 is 0 Å². The fourth-order valence-electron chi connectivity index (χ4n) is 1.96. The van der Waals surface area contributed by atoms with Crippen molar-refractivity contribution in [2.45, 2.75) is 17.8 Å². The molecule has 0 saturated carbocycles. The second-order valence-corrected chi connectivity index (χ2v) is 5.44. The van der Waals surface area contributed by atoms with Crippen molar-refractivity contribution < 1.29 is 0 Å². The van der Waals surface area contributed by atoms with Crippen molar-refractivity contribution in [2.24, 2.45) is 7.05 Å². The summed E-state index contributed by atoms with van der Waals surface area (Å²) in [7, 11) is 1.88. The maximum absolute atomic E-state index is 12.0. The van der Waals surface area contributed by atoms with Gasteiger partial charge in [0.25, 0.3) is 5.56 Å². The minimum atomic E-state index is -0.104. The lowest BCUT2D eigenvalue weighted by Gasteiger charge is -2.04. The molecule has 0 aliphatic carbocycles. The van der Waals surface area contributed by atoms with Crippen LogP contribution in [-0.2, 0) is 12.8 Å². The minimum Gasteiger partial charge on any atom is -0.312 e. The number of aryl methyl sites for hydroxylation is 2. The molecule has 0 aliphatic heterocycles. The lowest BCUT2D eigenvalue weighted by Crippen LogP contribution is -2.12. The van der Waals surface area contributed by atoms with Crippen LogP contribution in [0.3, 0.4) is 0 Å². The van der Waals surface area contributed by atoms with Gasteiger partial charge in [0.05, 0.1) is 16.7 Å². The van der Waals surface area contributed by atoms with Gasteiger partial charge in [-0.05, 0) is 18.6 Å². The van der Waals surface area contributed by atoms with Gasteiger partial charge in [0.2, 0.25) is 0 Å². The summed E-state index contributed by atoms with van der Waals surface area (Å²) in [6, 6.07) is 5.60. The van der Waals surface area contributed by atoms with Crippen molar-refractivity contribution in [1.29, 1.82) is 0 Å². The van der Waals surface area contributed by atoms with Gasteiger partial charge in [-0.1, -0.05) is 23.9 Å². The molecule has 2 heterocycles. The Bertz CT molecular complexity index is 823. The lowest BCUT2D eigenvalue weighted by atomic mass is 10.1. The fraction of sp³-hybridized carbons (Fsp3) is 0.231. The Balaban J connectivity index is 1.95. The van der Waals surface area contributed by atoms with E-state index in [0.717, 1.165) is 16.2 Å². The molecule has 102 valence electrons. The van der Waals surface area contributed by atoms with Crippen LogP contribution in [0.25, 0.3) is 10.9 Å². The van der Waals surface area contributed by atoms with Gasteiger partial charge in [-0.15, -0.1) is 10.2 Å². The standard InChI is InChI=1S/C13H13N5OS/c1-8-4-3-5-9-11(8)15-10(16-12(9)19)6-20-13-17-14-7-18(13)2/h3-5,7H,6H2,1-2H3,(H,15,16,19). The molecule has 3 rings (SSSR count). The van der Waals surface area contributed by atoms with Crippen LogP contribution in [0, 0.1) is 6.92 Å². The highest BCUT2D eigenvalue weighted by atomic mass is 32.2. The molecule has 0 aliphatic rings. The van der Waals surface area contributed by atoms with Crippen molar-refractivity contribution in [2.75, 3.05) is 0 Å². The summed E-state index contributed by atoms with van der Waals surface area (Å²) in [5.41, 5.74) is 1.65. The third-order valence-electron chi connectivity index (χ3n) is 2.99. The second-order valence-electron chi connectivity index (χ2n) is 4.50. The van der Waals surface area contributed by atoms with E-state index in [9.17, 15) is 4.79 Å². The van der Waals surface area contributed by atoms with E-state index in [1.165, 1.54) is 11.8 Å². The maximum Gasteiger partial charge on any atom is 0.258 e. The Morgan fingerprint density at radius 3 is 3.00 bits per heavy atom. The summed E-state index contributed by atoms with van der Waals surface area (Å²) >= 11 is 1.49. The normalized spacial score (nSPS) is 11.1. The first-order valence-corrected chi connectivity index (χ1v) is 7.09. The molecular formula is C13H13N5OS. The summed E-state index contributed by atoms with van der Waals surface area (Å²) in [4.78, 5) is 19.4. The first-order valence-electron chi connectivity index (χ1n) is 6.10. The summed E-state index contributed by atoms with van der Waals surface area (Å²) in [5.74, 6) is 1.19. The Labute approximate surface area is 119 Å². The number of H-pyrrole nitrogens is 1. The summed E-state index contributed by atoms with van der Waals surface area (Å²) in [6.45, 7) is 1.95. The first kappa shape index (κ1) is 12.9. The average molecular weight is 287 g/mol. The Kier molecular flexibility index (Phi) is 3.27. The van der Waals surface area contributed by atoms with Crippen LogP contribution >= 0.6 is 11.8 Å². The van der Waals surface area contributed by atoms with Gasteiger partial charge in [0.1, 0.15) is 12.2 Å².